The van der Waals surface area contributed by atoms with Crippen molar-refractivity contribution in [3.63, 3.8) is 0 Å². The number of fused-ring (bicyclic) bond motifs is 1. The third-order valence-electron chi connectivity index (χ3n) is 3.13. The number of benzene rings is 2. The number of nitrogens with two attached hydrogens (primary N) is 1. The molecule has 100 valence electrons. The maximum atomic E-state index is 6.16. The highest BCUT2D eigenvalue weighted by molar-refractivity contribution is 6.32. The van der Waals surface area contributed by atoms with Gasteiger partial charge in [0.1, 0.15) is 5.75 Å². The first kappa shape index (κ1) is 12.8. The van der Waals surface area contributed by atoms with Gasteiger partial charge in [0.05, 0.1) is 10.7 Å². The van der Waals surface area contributed by atoms with Crippen LogP contribution < -0.4 is 10.5 Å². The molecule has 2 N–H and O–H groups in total. The van der Waals surface area contributed by atoms with Gasteiger partial charge in [0.25, 0.3) is 0 Å². The third kappa shape index (κ3) is 2.28. The lowest BCUT2D eigenvalue weighted by Gasteiger charge is -2.12. The molecule has 0 atom stereocenters. The van der Waals surface area contributed by atoms with Crippen LogP contribution in [0, 0.1) is 6.92 Å². The number of aryl methyl sites for hydroxylation is 1. The van der Waals surface area contributed by atoms with Gasteiger partial charge in [-0.1, -0.05) is 17.7 Å². The molecule has 0 unspecified atom stereocenters. The number of ether oxygens (including phenoxy) is 1. The van der Waals surface area contributed by atoms with E-state index in [2.05, 4.69) is 4.98 Å². The number of hydrogen-bond donors (Lipinski definition) is 1. The SMILES string of the molecule is Cc1ccc(Cl)c(Oc2ccc3cnccc3c2N)c1. The van der Waals surface area contributed by atoms with E-state index in [1.165, 1.54) is 0 Å². The number of rotatable bonds is 2. The number of nitrogens with zero attached hydrogens (tertiary/aromatic N) is 1. The first-order valence-corrected chi connectivity index (χ1v) is 6.59. The molecule has 0 bridgehead atoms. The normalized spacial score (nSPS) is 10.7. The Kier molecular flexibility index (Phi) is 3.20. The minimum Gasteiger partial charge on any atom is -0.454 e. The zero-order chi connectivity index (χ0) is 14.1. The number of nitrogen functional groups attached to an aromatic ring is 1. The van der Waals surface area contributed by atoms with Crippen LogP contribution in [0.25, 0.3) is 10.8 Å². The number of halogens is 1. The molecule has 0 fully saturated rings. The van der Waals surface area contributed by atoms with Gasteiger partial charge in [0, 0.05) is 23.2 Å². The third-order valence-corrected chi connectivity index (χ3v) is 3.44. The summed E-state index contributed by atoms with van der Waals surface area (Å²) >= 11 is 6.14. The minimum atomic E-state index is 0.560. The fourth-order valence-electron chi connectivity index (χ4n) is 2.07. The Morgan fingerprint density at radius 1 is 1.10 bits per heavy atom. The lowest BCUT2D eigenvalue weighted by Crippen LogP contribution is -1.94. The van der Waals surface area contributed by atoms with Crippen LogP contribution in [0.2, 0.25) is 5.02 Å². The Labute approximate surface area is 122 Å². The van der Waals surface area contributed by atoms with Crippen molar-refractivity contribution in [2.45, 2.75) is 6.92 Å². The van der Waals surface area contributed by atoms with Crippen LogP contribution in [-0.2, 0) is 0 Å². The molecule has 0 aliphatic heterocycles. The molecule has 2 aromatic carbocycles. The second-order valence-electron chi connectivity index (χ2n) is 4.61. The molecule has 1 aromatic heterocycles. The van der Waals surface area contributed by atoms with Gasteiger partial charge in [-0.15, -0.1) is 0 Å². The predicted molar refractivity (Wildman–Crippen MR) is 82.4 cm³/mol. The van der Waals surface area contributed by atoms with Crippen molar-refractivity contribution in [1.29, 1.82) is 0 Å². The van der Waals surface area contributed by atoms with Crippen molar-refractivity contribution in [3.8, 4) is 11.5 Å². The van der Waals surface area contributed by atoms with Crippen LogP contribution in [0.5, 0.6) is 11.5 Å². The van der Waals surface area contributed by atoms with Crippen molar-refractivity contribution in [3.05, 3.63) is 59.4 Å². The van der Waals surface area contributed by atoms with E-state index in [1.807, 2.05) is 43.3 Å². The molecule has 0 aliphatic carbocycles. The highest BCUT2D eigenvalue weighted by atomic mass is 35.5. The molecule has 3 rings (SSSR count). The first-order valence-electron chi connectivity index (χ1n) is 6.21. The van der Waals surface area contributed by atoms with Crippen molar-refractivity contribution in [2.75, 3.05) is 5.73 Å². The fraction of sp³-hybridized carbons (Fsp3) is 0.0625. The van der Waals surface area contributed by atoms with E-state index < -0.39 is 0 Å². The van der Waals surface area contributed by atoms with Gasteiger partial charge in [-0.05, 0) is 42.8 Å². The highest BCUT2D eigenvalue weighted by Crippen LogP contribution is 2.36. The van der Waals surface area contributed by atoms with Gasteiger partial charge in [-0.25, -0.2) is 0 Å². The van der Waals surface area contributed by atoms with Crippen molar-refractivity contribution in [2.24, 2.45) is 0 Å². The van der Waals surface area contributed by atoms with E-state index in [0.29, 0.717) is 22.2 Å². The van der Waals surface area contributed by atoms with Gasteiger partial charge in [0.15, 0.2) is 5.75 Å². The van der Waals surface area contributed by atoms with Crippen LogP contribution in [-0.4, -0.2) is 4.98 Å². The van der Waals surface area contributed by atoms with Gasteiger partial charge >= 0.3 is 0 Å². The quantitative estimate of drug-likeness (QED) is 0.701. The first-order chi connectivity index (χ1) is 9.65. The summed E-state index contributed by atoms with van der Waals surface area (Å²) in [6, 6.07) is 11.3. The maximum Gasteiger partial charge on any atom is 0.151 e. The summed E-state index contributed by atoms with van der Waals surface area (Å²) in [7, 11) is 0. The summed E-state index contributed by atoms with van der Waals surface area (Å²) < 4.78 is 5.85. The molecule has 0 spiro atoms. The largest absolute Gasteiger partial charge is 0.454 e. The Morgan fingerprint density at radius 2 is 1.95 bits per heavy atom. The molecular formula is C16H13ClN2O. The number of aromatic nitrogens is 1. The summed E-state index contributed by atoms with van der Waals surface area (Å²) in [5.74, 6) is 1.20. The van der Waals surface area contributed by atoms with Crippen LogP contribution in [0.3, 0.4) is 0 Å². The van der Waals surface area contributed by atoms with Gasteiger partial charge in [-0.2, -0.15) is 0 Å². The van der Waals surface area contributed by atoms with E-state index in [4.69, 9.17) is 22.1 Å². The molecule has 3 nitrogen and oxygen atoms in total. The summed E-state index contributed by atoms with van der Waals surface area (Å²) in [4.78, 5) is 4.08. The molecule has 1 heterocycles. The fourth-order valence-corrected chi connectivity index (χ4v) is 2.23. The topological polar surface area (TPSA) is 48.1 Å². The van der Waals surface area contributed by atoms with Crippen LogP contribution in [0.15, 0.2) is 48.8 Å². The molecular weight excluding hydrogens is 272 g/mol. The molecule has 20 heavy (non-hydrogen) atoms. The number of anilines is 1. The van der Waals surface area contributed by atoms with Gasteiger partial charge < -0.3 is 10.5 Å². The maximum absolute atomic E-state index is 6.16. The second kappa shape index (κ2) is 5.02. The summed E-state index contributed by atoms with van der Waals surface area (Å²) in [5.41, 5.74) is 7.82. The lowest BCUT2D eigenvalue weighted by atomic mass is 10.1. The van der Waals surface area contributed by atoms with Crippen LogP contribution in [0.4, 0.5) is 5.69 Å². The molecule has 0 saturated heterocycles. The standard InChI is InChI=1S/C16H13ClN2O/c1-10-2-4-13(17)15(8-10)20-14-5-3-11-9-19-7-6-12(11)16(14)18/h2-9H,18H2,1H3. The molecule has 0 amide bonds. The van der Waals surface area contributed by atoms with E-state index in [9.17, 15) is 0 Å². The molecule has 4 heteroatoms. The van der Waals surface area contributed by atoms with E-state index in [0.717, 1.165) is 16.3 Å². The minimum absolute atomic E-state index is 0.560. The summed E-state index contributed by atoms with van der Waals surface area (Å²) in [6.45, 7) is 1.98. The molecule has 0 aliphatic rings. The van der Waals surface area contributed by atoms with Crippen LogP contribution in [0.1, 0.15) is 5.56 Å². The van der Waals surface area contributed by atoms with Gasteiger partial charge in [-0.3, -0.25) is 4.98 Å². The Bertz CT molecular complexity index is 787. The van der Waals surface area contributed by atoms with Crippen molar-refractivity contribution < 1.29 is 4.74 Å². The molecule has 3 aromatic rings. The predicted octanol–water partition coefficient (Wildman–Crippen LogP) is 4.57. The average molecular weight is 285 g/mol. The summed E-state index contributed by atoms with van der Waals surface area (Å²) in [5, 5.41) is 2.46. The number of pyridine rings is 1. The zero-order valence-corrected chi connectivity index (χ0v) is 11.7. The average Bonchev–Trinajstić information content (AvgIpc) is 2.46. The lowest BCUT2D eigenvalue weighted by molar-refractivity contribution is 0.485. The summed E-state index contributed by atoms with van der Waals surface area (Å²) in [6.07, 6.45) is 3.48. The van der Waals surface area contributed by atoms with Crippen molar-refractivity contribution >= 4 is 28.1 Å². The van der Waals surface area contributed by atoms with E-state index in [1.54, 1.807) is 12.4 Å². The molecule has 0 saturated carbocycles. The van der Waals surface area contributed by atoms with E-state index in [-0.39, 0.29) is 0 Å². The smallest absolute Gasteiger partial charge is 0.151 e. The Hall–Kier alpha value is -2.26. The zero-order valence-electron chi connectivity index (χ0n) is 10.9. The van der Waals surface area contributed by atoms with E-state index >= 15 is 0 Å². The van der Waals surface area contributed by atoms with Crippen molar-refractivity contribution in [1.82, 2.24) is 4.98 Å². The Morgan fingerprint density at radius 3 is 2.80 bits per heavy atom. The van der Waals surface area contributed by atoms with Crippen LogP contribution >= 0.6 is 11.6 Å². The molecule has 0 radical (unpaired) electrons. The second-order valence-corrected chi connectivity index (χ2v) is 5.02. The van der Waals surface area contributed by atoms with Gasteiger partial charge in [0.2, 0.25) is 0 Å². The number of hydrogen-bond acceptors (Lipinski definition) is 3. The monoisotopic (exact) mass is 284 g/mol. The highest BCUT2D eigenvalue weighted by Gasteiger charge is 2.09. The Balaban J connectivity index is 2.07.